The molecule has 5 heteroatoms. The molecule has 0 radical (unpaired) electrons. The number of ether oxygens (including phenoxy) is 1. The van der Waals surface area contributed by atoms with Crippen molar-refractivity contribution >= 4 is 17.7 Å². The molecule has 0 bridgehead atoms. The van der Waals surface area contributed by atoms with Gasteiger partial charge in [0, 0.05) is 18.7 Å². The summed E-state index contributed by atoms with van der Waals surface area (Å²) in [5, 5.41) is 8.85. The van der Waals surface area contributed by atoms with Gasteiger partial charge >= 0.3 is 12.1 Å². The minimum Gasteiger partial charge on any atom is -0.481 e. The maximum atomic E-state index is 12.6. The predicted octanol–water partition coefficient (Wildman–Crippen LogP) is 4.65. The molecule has 0 aliphatic heterocycles. The number of hydrogen-bond acceptors (Lipinski definition) is 3. The van der Waals surface area contributed by atoms with E-state index in [-0.39, 0.29) is 13.0 Å². The zero-order valence-corrected chi connectivity index (χ0v) is 15.1. The first kappa shape index (κ1) is 19.5. The van der Waals surface area contributed by atoms with Crippen LogP contribution >= 0.6 is 0 Å². The van der Waals surface area contributed by atoms with E-state index >= 15 is 0 Å². The van der Waals surface area contributed by atoms with Gasteiger partial charge in [0.2, 0.25) is 0 Å². The highest BCUT2D eigenvalue weighted by Gasteiger charge is 2.17. The van der Waals surface area contributed by atoms with Gasteiger partial charge in [0.05, 0.1) is 0 Å². The molecular formula is C21H25NO4. The van der Waals surface area contributed by atoms with Gasteiger partial charge in [0.15, 0.2) is 0 Å². The SMILES string of the molecule is CCCc1ccc(N(CCCC(=O)O)C(=O)OCc2ccccc2)cc1. The van der Waals surface area contributed by atoms with Gasteiger partial charge in [-0.1, -0.05) is 55.8 Å². The van der Waals surface area contributed by atoms with Crippen LogP contribution in [0.3, 0.4) is 0 Å². The van der Waals surface area contributed by atoms with E-state index in [1.165, 1.54) is 10.5 Å². The number of carboxylic acid groups (broad SMARTS) is 1. The number of carboxylic acids is 1. The maximum Gasteiger partial charge on any atom is 0.414 e. The van der Waals surface area contributed by atoms with Crippen molar-refractivity contribution in [1.82, 2.24) is 0 Å². The Morgan fingerprint density at radius 3 is 2.31 bits per heavy atom. The van der Waals surface area contributed by atoms with Gasteiger partial charge in [0.25, 0.3) is 0 Å². The molecule has 0 fully saturated rings. The average molecular weight is 355 g/mol. The molecule has 1 N–H and O–H groups in total. The second-order valence-corrected chi connectivity index (χ2v) is 6.11. The molecular weight excluding hydrogens is 330 g/mol. The summed E-state index contributed by atoms with van der Waals surface area (Å²) in [7, 11) is 0. The van der Waals surface area contributed by atoms with Crippen molar-refractivity contribution in [1.29, 1.82) is 0 Å². The molecule has 0 saturated carbocycles. The lowest BCUT2D eigenvalue weighted by Crippen LogP contribution is -2.32. The first-order valence-electron chi connectivity index (χ1n) is 8.89. The molecule has 2 aromatic carbocycles. The second kappa shape index (κ2) is 10.2. The van der Waals surface area contributed by atoms with E-state index in [4.69, 9.17) is 9.84 Å². The van der Waals surface area contributed by atoms with E-state index in [1.54, 1.807) is 0 Å². The van der Waals surface area contributed by atoms with Gasteiger partial charge in [-0.05, 0) is 36.1 Å². The number of carbonyl (C=O) groups is 2. The van der Waals surface area contributed by atoms with E-state index in [0.29, 0.717) is 18.7 Å². The number of aryl methyl sites for hydroxylation is 1. The highest BCUT2D eigenvalue weighted by molar-refractivity contribution is 5.87. The van der Waals surface area contributed by atoms with Gasteiger partial charge in [-0.25, -0.2) is 4.79 Å². The van der Waals surface area contributed by atoms with Crippen molar-refractivity contribution in [3.8, 4) is 0 Å². The van der Waals surface area contributed by atoms with Crippen LogP contribution in [-0.2, 0) is 22.6 Å². The molecule has 0 aliphatic rings. The summed E-state index contributed by atoms with van der Waals surface area (Å²) in [4.78, 5) is 24.8. The lowest BCUT2D eigenvalue weighted by molar-refractivity contribution is -0.137. The average Bonchev–Trinajstić information content (AvgIpc) is 2.65. The third-order valence-corrected chi connectivity index (χ3v) is 3.98. The molecule has 2 rings (SSSR count). The van der Waals surface area contributed by atoms with Gasteiger partial charge in [0.1, 0.15) is 6.61 Å². The fraction of sp³-hybridized carbons (Fsp3) is 0.333. The topological polar surface area (TPSA) is 66.8 Å². The van der Waals surface area contributed by atoms with E-state index in [9.17, 15) is 9.59 Å². The van der Waals surface area contributed by atoms with Gasteiger partial charge in [-0.15, -0.1) is 0 Å². The molecule has 0 spiro atoms. The molecule has 138 valence electrons. The highest BCUT2D eigenvalue weighted by Crippen LogP contribution is 2.19. The summed E-state index contributed by atoms with van der Waals surface area (Å²) in [6.45, 7) is 2.60. The van der Waals surface area contributed by atoms with Crippen LogP contribution < -0.4 is 4.90 Å². The summed E-state index contributed by atoms with van der Waals surface area (Å²) in [6.07, 6.45) is 1.95. The van der Waals surface area contributed by atoms with E-state index < -0.39 is 12.1 Å². The van der Waals surface area contributed by atoms with Crippen molar-refractivity contribution < 1.29 is 19.4 Å². The van der Waals surface area contributed by atoms with Crippen LogP contribution in [0.25, 0.3) is 0 Å². The van der Waals surface area contributed by atoms with Crippen molar-refractivity contribution in [2.75, 3.05) is 11.4 Å². The molecule has 1 amide bonds. The summed E-state index contributed by atoms with van der Waals surface area (Å²) in [5.41, 5.74) is 2.83. The molecule has 2 aromatic rings. The van der Waals surface area contributed by atoms with Crippen LogP contribution in [0.15, 0.2) is 54.6 Å². The Balaban J connectivity index is 2.05. The van der Waals surface area contributed by atoms with Crippen LogP contribution in [0.1, 0.15) is 37.3 Å². The molecule has 0 saturated heterocycles. The number of amides is 1. The molecule has 0 heterocycles. The smallest absolute Gasteiger partial charge is 0.414 e. The molecule has 26 heavy (non-hydrogen) atoms. The van der Waals surface area contributed by atoms with Crippen molar-refractivity contribution in [2.45, 2.75) is 39.2 Å². The monoisotopic (exact) mass is 355 g/mol. The Bertz CT molecular complexity index is 698. The summed E-state index contributed by atoms with van der Waals surface area (Å²) >= 11 is 0. The number of benzene rings is 2. The number of aliphatic carboxylic acids is 1. The van der Waals surface area contributed by atoms with Crippen LogP contribution in [0.4, 0.5) is 10.5 Å². The second-order valence-electron chi connectivity index (χ2n) is 6.11. The lowest BCUT2D eigenvalue weighted by atomic mass is 10.1. The predicted molar refractivity (Wildman–Crippen MR) is 101 cm³/mol. The number of carbonyl (C=O) groups excluding carboxylic acids is 1. The minimum atomic E-state index is -0.874. The van der Waals surface area contributed by atoms with Gasteiger partial charge in [-0.2, -0.15) is 0 Å². The highest BCUT2D eigenvalue weighted by atomic mass is 16.6. The summed E-state index contributed by atoms with van der Waals surface area (Å²) < 4.78 is 5.42. The van der Waals surface area contributed by atoms with Crippen LogP contribution in [-0.4, -0.2) is 23.7 Å². The third kappa shape index (κ3) is 6.24. The van der Waals surface area contributed by atoms with E-state index in [2.05, 4.69) is 6.92 Å². The number of nitrogens with zero attached hydrogens (tertiary/aromatic N) is 1. The molecule has 0 aromatic heterocycles. The maximum absolute atomic E-state index is 12.6. The lowest BCUT2D eigenvalue weighted by Gasteiger charge is -2.22. The Labute approximate surface area is 154 Å². The molecule has 5 nitrogen and oxygen atoms in total. The first-order valence-corrected chi connectivity index (χ1v) is 8.89. The molecule has 0 aliphatic carbocycles. The molecule has 0 unspecified atom stereocenters. The fourth-order valence-electron chi connectivity index (χ4n) is 2.64. The fourth-order valence-corrected chi connectivity index (χ4v) is 2.64. The minimum absolute atomic E-state index is 0.0103. The van der Waals surface area contributed by atoms with E-state index in [0.717, 1.165) is 18.4 Å². The first-order chi connectivity index (χ1) is 12.6. The Morgan fingerprint density at radius 1 is 1.00 bits per heavy atom. The zero-order chi connectivity index (χ0) is 18.8. The van der Waals surface area contributed by atoms with Crippen LogP contribution in [0, 0.1) is 0 Å². The van der Waals surface area contributed by atoms with Crippen molar-refractivity contribution in [2.24, 2.45) is 0 Å². The van der Waals surface area contributed by atoms with Crippen molar-refractivity contribution in [3.63, 3.8) is 0 Å². The quantitative estimate of drug-likeness (QED) is 0.711. The third-order valence-electron chi connectivity index (χ3n) is 3.98. The Kier molecular flexibility index (Phi) is 7.68. The van der Waals surface area contributed by atoms with Crippen LogP contribution in [0.2, 0.25) is 0 Å². The standard InChI is InChI=1S/C21H25NO4/c1-2-7-17-11-13-19(14-12-17)22(15-6-10-20(23)24)21(25)26-16-18-8-4-3-5-9-18/h3-5,8-9,11-14H,2,6-7,10,15-16H2,1H3,(H,23,24). The van der Waals surface area contributed by atoms with Crippen LogP contribution in [0.5, 0.6) is 0 Å². The largest absolute Gasteiger partial charge is 0.481 e. The number of anilines is 1. The van der Waals surface area contributed by atoms with Gasteiger partial charge in [-0.3, -0.25) is 9.69 Å². The number of hydrogen-bond donors (Lipinski definition) is 1. The Morgan fingerprint density at radius 2 is 1.69 bits per heavy atom. The van der Waals surface area contributed by atoms with Crippen molar-refractivity contribution in [3.05, 3.63) is 65.7 Å². The Hall–Kier alpha value is -2.82. The molecule has 0 atom stereocenters. The number of rotatable bonds is 9. The zero-order valence-electron chi connectivity index (χ0n) is 15.1. The van der Waals surface area contributed by atoms with E-state index in [1.807, 2.05) is 54.6 Å². The summed E-state index contributed by atoms with van der Waals surface area (Å²) in [6, 6.07) is 17.2. The normalized spacial score (nSPS) is 10.3. The van der Waals surface area contributed by atoms with Gasteiger partial charge < -0.3 is 9.84 Å². The summed E-state index contributed by atoms with van der Waals surface area (Å²) in [5.74, 6) is -0.874.